The minimum atomic E-state index is -4.28. The largest absolute Gasteiger partial charge is 0.460 e. The number of para-hydroxylation sites is 1. The summed E-state index contributed by atoms with van der Waals surface area (Å²) in [7, 11) is -5.69. The van der Waals surface area contributed by atoms with Crippen LogP contribution in [0.4, 0.5) is 5.69 Å². The number of hydrogen-bond acceptors (Lipinski definition) is 7. The van der Waals surface area contributed by atoms with Crippen LogP contribution < -0.4 is 9.04 Å². The topological polar surface area (TPSA) is 133 Å². The Hall–Kier alpha value is -3.63. The first-order valence-electron chi connectivity index (χ1n) is 13.4. The van der Waals surface area contributed by atoms with E-state index in [4.69, 9.17) is 9.47 Å². The molecule has 0 amide bonds. The van der Waals surface area contributed by atoms with Crippen LogP contribution in [0.25, 0.3) is 10.9 Å². The molecule has 2 N–H and O–H groups in total. The highest BCUT2D eigenvalue weighted by Gasteiger charge is 2.32. The van der Waals surface area contributed by atoms with Gasteiger partial charge in [-0.3, -0.25) is 4.57 Å². The number of rotatable bonds is 13. The molecule has 4 aromatic rings. The van der Waals surface area contributed by atoms with E-state index in [-0.39, 0.29) is 30.9 Å². The molecule has 0 aliphatic heterocycles. The number of nitriles is 1. The van der Waals surface area contributed by atoms with E-state index < -0.39 is 23.7 Å². The van der Waals surface area contributed by atoms with Crippen LogP contribution >= 0.6 is 0 Å². The summed E-state index contributed by atoms with van der Waals surface area (Å²) in [5, 5.41) is 20.4. The lowest BCUT2D eigenvalue weighted by Gasteiger charge is -2.25. The zero-order chi connectivity index (χ0) is 29.8. The molecule has 0 fully saturated rings. The SMILES string of the molecule is CC(C)(O)Cn1cc(S(=O)(=O)N(COCC[Si](C)(C)C)c2cccc3c(C#N)c[nH]c23)nc1OCc1ccccc1. The fourth-order valence-corrected chi connectivity index (χ4v) is 6.27. The molecule has 12 heteroatoms. The zero-order valence-corrected chi connectivity index (χ0v) is 25.9. The number of aromatic nitrogens is 3. The van der Waals surface area contributed by atoms with E-state index in [1.54, 1.807) is 38.2 Å². The van der Waals surface area contributed by atoms with Gasteiger partial charge in [0.1, 0.15) is 19.4 Å². The number of anilines is 1. The molecule has 0 saturated heterocycles. The number of imidazole rings is 1. The highest BCUT2D eigenvalue weighted by Crippen LogP contribution is 2.33. The van der Waals surface area contributed by atoms with Crippen LogP contribution in [0.1, 0.15) is 25.0 Å². The molecular formula is C29H37N5O5SSi. The Bertz CT molecular complexity index is 1630. The highest BCUT2D eigenvalue weighted by molar-refractivity contribution is 7.92. The van der Waals surface area contributed by atoms with Crippen LogP contribution in [-0.2, 0) is 27.9 Å². The van der Waals surface area contributed by atoms with Gasteiger partial charge >= 0.3 is 0 Å². The Kier molecular flexibility index (Phi) is 8.94. The summed E-state index contributed by atoms with van der Waals surface area (Å²) in [6.45, 7) is 10.3. The number of H-pyrrole nitrogens is 1. The van der Waals surface area contributed by atoms with Crippen LogP contribution in [0.15, 0.2) is 66.0 Å². The molecule has 2 aromatic heterocycles. The van der Waals surface area contributed by atoms with E-state index >= 15 is 0 Å². The number of benzene rings is 2. The van der Waals surface area contributed by atoms with Gasteiger partial charge in [-0.1, -0.05) is 62.1 Å². The number of fused-ring (bicyclic) bond motifs is 1. The molecule has 4 rings (SSSR count). The van der Waals surface area contributed by atoms with Crippen molar-refractivity contribution in [3.8, 4) is 12.1 Å². The van der Waals surface area contributed by atoms with Crippen LogP contribution in [-0.4, -0.2) is 55.1 Å². The van der Waals surface area contributed by atoms with E-state index in [0.717, 1.165) is 15.9 Å². The van der Waals surface area contributed by atoms with Gasteiger partial charge in [-0.25, -0.2) is 4.31 Å². The number of ether oxygens (including phenoxy) is 2. The van der Waals surface area contributed by atoms with Crippen molar-refractivity contribution < 1.29 is 23.0 Å². The predicted molar refractivity (Wildman–Crippen MR) is 161 cm³/mol. The van der Waals surface area contributed by atoms with Crippen LogP contribution in [0.3, 0.4) is 0 Å². The molecule has 0 bridgehead atoms. The van der Waals surface area contributed by atoms with Crippen LogP contribution in [0, 0.1) is 11.3 Å². The van der Waals surface area contributed by atoms with Gasteiger partial charge in [-0.05, 0) is 31.5 Å². The summed E-state index contributed by atoms with van der Waals surface area (Å²) in [6.07, 6.45) is 2.93. The lowest BCUT2D eigenvalue weighted by molar-refractivity contribution is 0.0577. The standard InChI is InChI=1S/C29H37N5O5SSi/c1-29(2,35)20-33-18-26(32-28(33)39-19-22-10-7-6-8-11-22)40(36,37)34(21-38-14-15-41(3,4)5)25-13-9-12-24-23(16-30)17-31-27(24)25/h6-13,17-18,31,35H,14-15,19-21H2,1-5H3. The Morgan fingerprint density at radius 1 is 1.15 bits per heavy atom. The Morgan fingerprint density at radius 2 is 1.88 bits per heavy atom. The van der Waals surface area contributed by atoms with Crippen molar-refractivity contribution in [2.24, 2.45) is 0 Å². The summed E-state index contributed by atoms with van der Waals surface area (Å²) < 4.78 is 43.0. The van der Waals surface area contributed by atoms with E-state index in [1.807, 2.05) is 30.3 Å². The number of nitrogens with one attached hydrogen (secondary N) is 1. The Labute approximate surface area is 242 Å². The minimum absolute atomic E-state index is 0.0596. The van der Waals surface area contributed by atoms with Gasteiger partial charge in [0, 0.05) is 32.5 Å². The number of aromatic amines is 1. The summed E-state index contributed by atoms with van der Waals surface area (Å²) in [6, 6.07) is 17.7. The van der Waals surface area contributed by atoms with Gasteiger partial charge in [-0.2, -0.15) is 18.7 Å². The second-order valence-electron chi connectivity index (χ2n) is 11.8. The maximum absolute atomic E-state index is 14.2. The molecule has 0 radical (unpaired) electrons. The molecule has 2 heterocycles. The number of nitrogens with zero attached hydrogens (tertiary/aromatic N) is 4. The Morgan fingerprint density at radius 3 is 2.54 bits per heavy atom. The quantitative estimate of drug-likeness (QED) is 0.125. The van der Waals surface area contributed by atoms with Gasteiger partial charge < -0.3 is 19.6 Å². The van der Waals surface area contributed by atoms with Crippen molar-refractivity contribution in [3.05, 3.63) is 72.1 Å². The predicted octanol–water partition coefficient (Wildman–Crippen LogP) is 5.09. The molecule has 0 atom stereocenters. The molecule has 0 aliphatic rings. The fourth-order valence-electron chi connectivity index (χ4n) is 4.21. The third-order valence-corrected chi connectivity index (χ3v) is 9.64. The average molecular weight is 596 g/mol. The third kappa shape index (κ3) is 7.56. The molecular weight excluding hydrogens is 559 g/mol. The van der Waals surface area contributed by atoms with Gasteiger partial charge in [0.05, 0.1) is 28.9 Å². The zero-order valence-electron chi connectivity index (χ0n) is 24.1. The van der Waals surface area contributed by atoms with Crippen LogP contribution in [0.5, 0.6) is 6.01 Å². The van der Waals surface area contributed by atoms with Crippen molar-refractivity contribution >= 4 is 34.7 Å². The second-order valence-corrected chi connectivity index (χ2v) is 19.2. The summed E-state index contributed by atoms with van der Waals surface area (Å²) in [5.74, 6) is 0. The lowest BCUT2D eigenvalue weighted by Crippen LogP contribution is -2.34. The monoisotopic (exact) mass is 595 g/mol. The smallest absolute Gasteiger partial charge is 0.298 e. The van der Waals surface area contributed by atoms with Crippen molar-refractivity contribution in [1.29, 1.82) is 5.26 Å². The normalized spacial score (nSPS) is 12.4. The van der Waals surface area contributed by atoms with Crippen LogP contribution in [0.2, 0.25) is 25.7 Å². The first-order chi connectivity index (χ1) is 19.3. The van der Waals surface area contributed by atoms with Crippen molar-refractivity contribution in [3.63, 3.8) is 0 Å². The van der Waals surface area contributed by atoms with Gasteiger partial charge in [0.2, 0.25) is 0 Å². The maximum atomic E-state index is 14.2. The molecule has 2 aromatic carbocycles. The average Bonchev–Trinajstić information content (AvgIpc) is 3.50. The molecule has 218 valence electrons. The van der Waals surface area contributed by atoms with E-state index in [0.29, 0.717) is 28.8 Å². The molecule has 10 nitrogen and oxygen atoms in total. The van der Waals surface area contributed by atoms with Gasteiger partial charge in [0.15, 0.2) is 5.03 Å². The van der Waals surface area contributed by atoms with E-state index in [9.17, 15) is 18.8 Å². The summed E-state index contributed by atoms with van der Waals surface area (Å²) >= 11 is 0. The van der Waals surface area contributed by atoms with E-state index in [2.05, 4.69) is 35.7 Å². The van der Waals surface area contributed by atoms with Crippen molar-refractivity contribution in [2.75, 3.05) is 17.6 Å². The number of aliphatic hydroxyl groups is 1. The molecule has 0 unspecified atom stereocenters. The molecule has 0 spiro atoms. The van der Waals surface area contributed by atoms with Gasteiger partial charge in [-0.15, -0.1) is 0 Å². The first kappa shape index (κ1) is 30.3. The first-order valence-corrected chi connectivity index (χ1v) is 18.5. The highest BCUT2D eigenvalue weighted by atomic mass is 32.2. The lowest BCUT2D eigenvalue weighted by atomic mass is 10.1. The molecule has 0 aliphatic carbocycles. The summed E-state index contributed by atoms with van der Waals surface area (Å²) in [5.41, 5.74) is 0.970. The van der Waals surface area contributed by atoms with Crippen molar-refractivity contribution in [2.45, 2.75) is 63.3 Å². The number of sulfonamides is 1. The van der Waals surface area contributed by atoms with E-state index in [1.165, 1.54) is 10.8 Å². The summed E-state index contributed by atoms with van der Waals surface area (Å²) in [4.78, 5) is 7.44. The number of hydrogen-bond donors (Lipinski definition) is 2. The van der Waals surface area contributed by atoms with Crippen molar-refractivity contribution in [1.82, 2.24) is 14.5 Å². The van der Waals surface area contributed by atoms with Gasteiger partial charge in [0.25, 0.3) is 16.0 Å². The Balaban J connectivity index is 1.74. The second kappa shape index (κ2) is 12.1. The molecule has 0 saturated carbocycles. The molecule has 41 heavy (non-hydrogen) atoms. The minimum Gasteiger partial charge on any atom is -0.460 e. The maximum Gasteiger partial charge on any atom is 0.298 e. The third-order valence-electron chi connectivity index (χ3n) is 6.33. The fraction of sp³-hybridized carbons (Fsp3) is 0.379.